The van der Waals surface area contributed by atoms with Gasteiger partial charge in [0.1, 0.15) is 0 Å². The van der Waals surface area contributed by atoms with Crippen molar-refractivity contribution in [2.45, 2.75) is 57.5 Å². The zero-order valence-electron chi connectivity index (χ0n) is 18.8. The van der Waals surface area contributed by atoms with Gasteiger partial charge in [-0.1, -0.05) is 35.9 Å². The fourth-order valence-corrected chi connectivity index (χ4v) is 4.80. The lowest BCUT2D eigenvalue weighted by atomic mass is 9.81. The second-order valence-corrected chi connectivity index (χ2v) is 9.10. The molecule has 1 fully saturated rings. The molecule has 31 heavy (non-hydrogen) atoms. The number of benzene rings is 2. The Morgan fingerprint density at radius 3 is 2.26 bits per heavy atom. The highest BCUT2D eigenvalue weighted by molar-refractivity contribution is 6.30. The average molecular weight is 443 g/mol. The smallest absolute Gasteiger partial charge is 0.254 e. The Kier molecular flexibility index (Phi) is 8.94. The molecule has 0 unspecified atom stereocenters. The molecule has 2 aromatic carbocycles. The molecule has 0 spiro atoms. The summed E-state index contributed by atoms with van der Waals surface area (Å²) in [5.74, 6) is 0.680. The first kappa shape index (κ1) is 23.8. The number of aliphatic hydroxyl groups excluding tert-OH is 1. The summed E-state index contributed by atoms with van der Waals surface area (Å²) in [6, 6.07) is 16.5. The van der Waals surface area contributed by atoms with Gasteiger partial charge in [-0.2, -0.15) is 0 Å². The van der Waals surface area contributed by atoms with E-state index in [9.17, 15) is 4.79 Å². The lowest BCUT2D eigenvalue weighted by Gasteiger charge is -2.36. The number of carbonyl (C=O) groups is 1. The van der Waals surface area contributed by atoms with Crippen molar-refractivity contribution < 1.29 is 9.90 Å². The molecular weight excluding hydrogens is 408 g/mol. The first-order chi connectivity index (χ1) is 15.0. The van der Waals surface area contributed by atoms with Crippen LogP contribution in [0.1, 0.15) is 66.4 Å². The Morgan fingerprint density at radius 2 is 1.68 bits per heavy atom. The topological polar surface area (TPSA) is 43.8 Å². The minimum atomic E-state index is 0.109. The highest BCUT2D eigenvalue weighted by atomic mass is 35.5. The normalized spacial score (nSPS) is 18.9. The molecule has 0 aliphatic heterocycles. The van der Waals surface area contributed by atoms with Gasteiger partial charge in [-0.15, -0.1) is 0 Å². The fourth-order valence-electron chi connectivity index (χ4n) is 4.67. The molecule has 0 bridgehead atoms. The Morgan fingerprint density at radius 1 is 1.03 bits per heavy atom. The van der Waals surface area contributed by atoms with Crippen LogP contribution in [0.25, 0.3) is 0 Å². The monoisotopic (exact) mass is 442 g/mol. The molecule has 0 saturated heterocycles. The Bertz CT molecular complexity index is 814. The first-order valence-corrected chi connectivity index (χ1v) is 11.8. The number of aliphatic hydroxyl groups is 1. The third-order valence-electron chi connectivity index (χ3n) is 6.43. The van der Waals surface area contributed by atoms with Gasteiger partial charge in [0.2, 0.25) is 0 Å². The van der Waals surface area contributed by atoms with Crippen LogP contribution < -0.4 is 0 Å². The molecule has 1 amide bonds. The number of rotatable bonds is 9. The van der Waals surface area contributed by atoms with Crippen molar-refractivity contribution in [3.05, 3.63) is 70.2 Å². The molecule has 1 N–H and O–H groups in total. The van der Waals surface area contributed by atoms with Crippen LogP contribution in [0.5, 0.6) is 0 Å². The molecule has 168 valence electrons. The van der Waals surface area contributed by atoms with E-state index in [2.05, 4.69) is 43.1 Å². The van der Waals surface area contributed by atoms with E-state index in [1.807, 2.05) is 17.0 Å². The van der Waals surface area contributed by atoms with E-state index in [0.717, 1.165) is 51.7 Å². The Balaban J connectivity index is 1.54. The predicted molar refractivity (Wildman–Crippen MR) is 128 cm³/mol. The molecule has 1 saturated carbocycles. The van der Waals surface area contributed by atoms with Crippen molar-refractivity contribution in [1.29, 1.82) is 0 Å². The van der Waals surface area contributed by atoms with E-state index >= 15 is 0 Å². The van der Waals surface area contributed by atoms with Crippen molar-refractivity contribution >= 4 is 17.5 Å². The SMILES string of the molecule is CCN(C(=O)c1ccc(Cl)cc1)C1CCC(c2ccc(CN(C)CCCO)cc2)CC1. The summed E-state index contributed by atoms with van der Waals surface area (Å²) in [5.41, 5.74) is 3.43. The van der Waals surface area contributed by atoms with Gasteiger partial charge in [-0.3, -0.25) is 4.79 Å². The summed E-state index contributed by atoms with van der Waals surface area (Å²) >= 11 is 5.97. The standard InChI is InChI=1S/C26H35ClN2O2/c1-3-29(26(31)23-9-13-24(27)14-10-23)25-15-11-22(12-16-25)21-7-5-20(6-8-21)19-28(2)17-4-18-30/h5-10,13-14,22,25,30H,3-4,11-12,15-19H2,1-2H3. The first-order valence-electron chi connectivity index (χ1n) is 11.5. The van der Waals surface area contributed by atoms with Crippen LogP contribution in [0.15, 0.2) is 48.5 Å². The van der Waals surface area contributed by atoms with Gasteiger partial charge in [-0.25, -0.2) is 0 Å². The van der Waals surface area contributed by atoms with Crippen LogP contribution in [0.4, 0.5) is 0 Å². The van der Waals surface area contributed by atoms with Crippen LogP contribution in [-0.4, -0.2) is 53.6 Å². The van der Waals surface area contributed by atoms with Crippen molar-refractivity contribution in [3.63, 3.8) is 0 Å². The third-order valence-corrected chi connectivity index (χ3v) is 6.68. The van der Waals surface area contributed by atoms with E-state index in [4.69, 9.17) is 16.7 Å². The van der Waals surface area contributed by atoms with E-state index in [-0.39, 0.29) is 12.5 Å². The maximum atomic E-state index is 13.0. The fraction of sp³-hybridized carbons (Fsp3) is 0.500. The number of hydrogen-bond acceptors (Lipinski definition) is 3. The predicted octanol–water partition coefficient (Wildman–Crippen LogP) is 5.34. The molecule has 1 aliphatic carbocycles. The van der Waals surface area contributed by atoms with Crippen LogP contribution in [-0.2, 0) is 6.54 Å². The van der Waals surface area contributed by atoms with E-state index in [1.54, 1.807) is 12.1 Å². The molecule has 0 aromatic heterocycles. The third kappa shape index (κ3) is 6.55. The highest BCUT2D eigenvalue weighted by Gasteiger charge is 2.29. The van der Waals surface area contributed by atoms with Gasteiger partial charge in [-0.05, 0) is 87.4 Å². The van der Waals surface area contributed by atoms with Gasteiger partial charge in [0.15, 0.2) is 0 Å². The van der Waals surface area contributed by atoms with Crippen molar-refractivity contribution in [1.82, 2.24) is 9.80 Å². The van der Waals surface area contributed by atoms with Gasteiger partial charge in [0.05, 0.1) is 0 Å². The highest BCUT2D eigenvalue weighted by Crippen LogP contribution is 2.35. The number of carbonyl (C=O) groups excluding carboxylic acids is 1. The van der Waals surface area contributed by atoms with Gasteiger partial charge >= 0.3 is 0 Å². The van der Waals surface area contributed by atoms with E-state index in [0.29, 0.717) is 22.5 Å². The summed E-state index contributed by atoms with van der Waals surface area (Å²) in [5, 5.41) is 9.63. The molecule has 2 aromatic rings. The minimum absolute atomic E-state index is 0.109. The summed E-state index contributed by atoms with van der Waals surface area (Å²) in [6.07, 6.45) is 5.13. The van der Waals surface area contributed by atoms with Gasteiger partial charge in [0, 0.05) is 42.9 Å². The number of nitrogens with zero attached hydrogens (tertiary/aromatic N) is 2. The number of hydrogen-bond donors (Lipinski definition) is 1. The quantitative estimate of drug-likeness (QED) is 0.569. The maximum Gasteiger partial charge on any atom is 0.254 e. The molecule has 0 heterocycles. The summed E-state index contributed by atoms with van der Waals surface area (Å²) < 4.78 is 0. The van der Waals surface area contributed by atoms with Crippen molar-refractivity contribution in [2.24, 2.45) is 0 Å². The van der Waals surface area contributed by atoms with Crippen LogP contribution >= 0.6 is 11.6 Å². The Hall–Kier alpha value is -1.88. The van der Waals surface area contributed by atoms with Crippen LogP contribution in [0.3, 0.4) is 0 Å². The van der Waals surface area contributed by atoms with Crippen LogP contribution in [0, 0.1) is 0 Å². The zero-order valence-corrected chi connectivity index (χ0v) is 19.5. The van der Waals surface area contributed by atoms with Gasteiger partial charge in [0.25, 0.3) is 5.91 Å². The largest absolute Gasteiger partial charge is 0.396 e. The zero-order chi connectivity index (χ0) is 22.2. The minimum Gasteiger partial charge on any atom is -0.396 e. The Labute approximate surface area is 191 Å². The molecule has 4 nitrogen and oxygen atoms in total. The second-order valence-electron chi connectivity index (χ2n) is 8.66. The molecule has 5 heteroatoms. The lowest BCUT2D eigenvalue weighted by Crippen LogP contribution is -2.42. The number of halogens is 1. The molecule has 1 aliphatic rings. The van der Waals surface area contributed by atoms with Crippen molar-refractivity contribution in [2.75, 3.05) is 26.7 Å². The second kappa shape index (κ2) is 11.7. The molecule has 0 atom stereocenters. The van der Waals surface area contributed by atoms with Crippen LogP contribution in [0.2, 0.25) is 5.02 Å². The van der Waals surface area contributed by atoms with Crippen molar-refractivity contribution in [3.8, 4) is 0 Å². The molecule has 0 radical (unpaired) electrons. The lowest BCUT2D eigenvalue weighted by molar-refractivity contribution is 0.0640. The summed E-state index contributed by atoms with van der Waals surface area (Å²) in [7, 11) is 2.09. The number of amides is 1. The average Bonchev–Trinajstić information content (AvgIpc) is 2.79. The summed E-state index contributed by atoms with van der Waals surface area (Å²) in [6.45, 7) is 4.86. The molecular formula is C26H35ClN2O2. The molecule has 3 rings (SSSR count). The van der Waals surface area contributed by atoms with E-state index in [1.165, 1.54) is 11.1 Å². The maximum absolute atomic E-state index is 13.0. The van der Waals surface area contributed by atoms with E-state index < -0.39 is 0 Å². The summed E-state index contributed by atoms with van der Waals surface area (Å²) in [4.78, 5) is 17.3. The van der Waals surface area contributed by atoms with Gasteiger partial charge < -0.3 is 14.9 Å².